The second-order valence-corrected chi connectivity index (χ2v) is 5.81. The molecule has 1 fully saturated rings. The third-order valence-corrected chi connectivity index (χ3v) is 3.85. The lowest BCUT2D eigenvalue weighted by Gasteiger charge is -2.22. The van der Waals surface area contributed by atoms with Crippen LogP contribution in [0.4, 0.5) is 10.1 Å². The average Bonchev–Trinajstić information content (AvgIpc) is 3.00. The largest absolute Gasteiger partial charge is 0.375 e. The quantitative estimate of drug-likeness (QED) is 0.848. The Balaban J connectivity index is 2.03. The molecule has 1 aromatic rings. The number of anilines is 1. The van der Waals surface area contributed by atoms with Crippen molar-refractivity contribution in [1.29, 1.82) is 0 Å². The topological polar surface area (TPSA) is 43.9 Å². The minimum Gasteiger partial charge on any atom is -0.375 e. The van der Waals surface area contributed by atoms with Crippen molar-refractivity contribution in [2.45, 2.75) is 12.8 Å². The summed E-state index contributed by atoms with van der Waals surface area (Å²) in [5.41, 5.74) is 0.673. The van der Waals surface area contributed by atoms with Crippen LogP contribution in [0.15, 0.2) is 18.2 Å². The van der Waals surface area contributed by atoms with Crippen molar-refractivity contribution in [1.82, 2.24) is 9.80 Å². The molecule has 1 aromatic carbocycles. The molecule has 1 saturated heterocycles. The van der Waals surface area contributed by atoms with Gasteiger partial charge in [0, 0.05) is 39.8 Å². The van der Waals surface area contributed by atoms with Crippen molar-refractivity contribution in [2.75, 3.05) is 45.7 Å². The second-order valence-electron chi connectivity index (χ2n) is 5.81. The lowest BCUT2D eigenvalue weighted by Crippen LogP contribution is -2.39. The predicted octanol–water partition coefficient (Wildman–Crippen LogP) is 1.59. The van der Waals surface area contributed by atoms with Crippen LogP contribution in [0, 0.1) is 5.82 Å². The van der Waals surface area contributed by atoms with E-state index in [-0.39, 0.29) is 23.9 Å². The van der Waals surface area contributed by atoms with Crippen LogP contribution in [0.2, 0.25) is 0 Å². The summed E-state index contributed by atoms with van der Waals surface area (Å²) in [7, 11) is 5.04. The number of hydrogen-bond acceptors (Lipinski definition) is 3. The van der Waals surface area contributed by atoms with Crippen LogP contribution in [-0.2, 0) is 4.79 Å². The Morgan fingerprint density at radius 2 is 1.82 bits per heavy atom. The normalized spacial score (nSPS) is 14.1. The average molecular weight is 307 g/mol. The molecule has 2 amide bonds. The van der Waals surface area contributed by atoms with Crippen LogP contribution < -0.4 is 4.90 Å². The zero-order chi connectivity index (χ0) is 16.3. The molecule has 1 aliphatic rings. The van der Waals surface area contributed by atoms with E-state index in [4.69, 9.17) is 0 Å². The number of likely N-dealkylation sites (N-methyl/N-ethyl adjacent to an activating group) is 1. The molecule has 0 saturated carbocycles. The fraction of sp³-hybridized carbons (Fsp3) is 0.500. The highest BCUT2D eigenvalue weighted by atomic mass is 19.1. The summed E-state index contributed by atoms with van der Waals surface area (Å²) in [6, 6.07) is 4.37. The minimum absolute atomic E-state index is 0.0237. The smallest absolute Gasteiger partial charge is 0.254 e. The number of amides is 2. The highest BCUT2D eigenvalue weighted by Crippen LogP contribution is 2.19. The molecule has 120 valence electrons. The van der Waals surface area contributed by atoms with Gasteiger partial charge in [0.1, 0.15) is 5.82 Å². The number of benzene rings is 1. The van der Waals surface area contributed by atoms with Gasteiger partial charge in [-0.3, -0.25) is 9.59 Å². The Bertz CT molecular complexity index is 569. The van der Waals surface area contributed by atoms with Gasteiger partial charge in [-0.05, 0) is 31.0 Å². The number of carbonyl (C=O) groups is 2. The summed E-state index contributed by atoms with van der Waals surface area (Å²) >= 11 is 0. The summed E-state index contributed by atoms with van der Waals surface area (Å²) in [5.74, 6) is -0.856. The van der Waals surface area contributed by atoms with Crippen LogP contribution in [0.1, 0.15) is 23.2 Å². The van der Waals surface area contributed by atoms with E-state index >= 15 is 0 Å². The van der Waals surface area contributed by atoms with Crippen molar-refractivity contribution in [2.24, 2.45) is 0 Å². The van der Waals surface area contributed by atoms with Crippen LogP contribution in [0.5, 0.6) is 0 Å². The third kappa shape index (κ3) is 3.55. The van der Waals surface area contributed by atoms with Crippen molar-refractivity contribution in [3.05, 3.63) is 29.6 Å². The Labute approximate surface area is 130 Å². The number of nitrogens with zero attached hydrogens (tertiary/aromatic N) is 3. The molecule has 0 atom stereocenters. The molecule has 1 heterocycles. The number of carbonyl (C=O) groups excluding carboxylic acids is 2. The van der Waals surface area contributed by atoms with E-state index in [2.05, 4.69) is 0 Å². The Hall–Kier alpha value is -2.11. The van der Waals surface area contributed by atoms with Gasteiger partial charge in [-0.25, -0.2) is 4.39 Å². The molecule has 0 aliphatic carbocycles. The number of halogens is 1. The second kappa shape index (κ2) is 6.77. The van der Waals surface area contributed by atoms with E-state index in [1.54, 1.807) is 43.1 Å². The molecule has 1 aliphatic heterocycles. The fourth-order valence-electron chi connectivity index (χ4n) is 2.56. The van der Waals surface area contributed by atoms with Gasteiger partial charge in [-0.2, -0.15) is 0 Å². The predicted molar refractivity (Wildman–Crippen MR) is 83.5 cm³/mol. The van der Waals surface area contributed by atoms with Gasteiger partial charge in [0.15, 0.2) is 0 Å². The summed E-state index contributed by atoms with van der Waals surface area (Å²) < 4.78 is 13.9. The highest BCUT2D eigenvalue weighted by Gasteiger charge is 2.22. The van der Waals surface area contributed by atoms with Crippen LogP contribution >= 0.6 is 0 Å². The zero-order valence-electron chi connectivity index (χ0n) is 13.3. The van der Waals surface area contributed by atoms with Gasteiger partial charge in [-0.15, -0.1) is 0 Å². The van der Waals surface area contributed by atoms with Gasteiger partial charge in [0.2, 0.25) is 5.91 Å². The van der Waals surface area contributed by atoms with Gasteiger partial charge in [0.05, 0.1) is 12.2 Å². The minimum atomic E-state index is -0.449. The number of hydrogen-bond donors (Lipinski definition) is 0. The van der Waals surface area contributed by atoms with E-state index in [0.717, 1.165) is 25.9 Å². The first-order valence-corrected chi connectivity index (χ1v) is 7.40. The molecule has 0 radical (unpaired) electrons. The van der Waals surface area contributed by atoms with Crippen LogP contribution in [-0.4, -0.2) is 62.4 Å². The molecule has 2 rings (SSSR count). The Morgan fingerprint density at radius 1 is 1.18 bits per heavy atom. The molecular formula is C16H22FN3O2. The summed E-state index contributed by atoms with van der Waals surface area (Å²) in [5, 5.41) is 0. The first kappa shape index (κ1) is 16.3. The van der Waals surface area contributed by atoms with Gasteiger partial charge >= 0.3 is 0 Å². The standard InChI is InChI=1S/C16H22FN3O2/c1-18(2)14-7-6-12(10-13(14)17)16(22)19(3)11-15(21)20-8-4-5-9-20/h6-7,10H,4-5,8-9,11H2,1-3H3. The maximum Gasteiger partial charge on any atom is 0.254 e. The molecular weight excluding hydrogens is 285 g/mol. The highest BCUT2D eigenvalue weighted by molar-refractivity contribution is 5.96. The maximum absolute atomic E-state index is 13.9. The molecule has 0 aromatic heterocycles. The van der Waals surface area contributed by atoms with E-state index in [1.807, 2.05) is 0 Å². The lowest BCUT2D eigenvalue weighted by molar-refractivity contribution is -0.130. The SMILES string of the molecule is CN(CC(=O)N1CCCC1)C(=O)c1ccc(N(C)C)c(F)c1. The molecule has 5 nitrogen and oxygen atoms in total. The van der Waals surface area contributed by atoms with Crippen molar-refractivity contribution in [3.63, 3.8) is 0 Å². The van der Waals surface area contributed by atoms with Crippen molar-refractivity contribution in [3.8, 4) is 0 Å². The molecule has 0 N–H and O–H groups in total. The third-order valence-electron chi connectivity index (χ3n) is 3.85. The summed E-state index contributed by atoms with van der Waals surface area (Å²) in [6.45, 7) is 1.54. The Morgan fingerprint density at radius 3 is 2.36 bits per heavy atom. The van der Waals surface area contributed by atoms with E-state index in [1.165, 1.54) is 11.0 Å². The van der Waals surface area contributed by atoms with Gasteiger partial charge < -0.3 is 14.7 Å². The van der Waals surface area contributed by atoms with Gasteiger partial charge in [0.25, 0.3) is 5.91 Å². The molecule has 22 heavy (non-hydrogen) atoms. The monoisotopic (exact) mass is 307 g/mol. The molecule has 0 bridgehead atoms. The zero-order valence-corrected chi connectivity index (χ0v) is 13.3. The van der Waals surface area contributed by atoms with E-state index in [0.29, 0.717) is 5.69 Å². The Kier molecular flexibility index (Phi) is 5.00. The lowest BCUT2D eigenvalue weighted by atomic mass is 10.1. The number of rotatable bonds is 4. The molecule has 0 spiro atoms. The van der Waals surface area contributed by atoms with Crippen molar-refractivity contribution < 1.29 is 14.0 Å². The van der Waals surface area contributed by atoms with E-state index in [9.17, 15) is 14.0 Å². The summed E-state index contributed by atoms with van der Waals surface area (Å²) in [4.78, 5) is 29.1. The molecule has 6 heteroatoms. The van der Waals surface area contributed by atoms with E-state index < -0.39 is 5.82 Å². The van der Waals surface area contributed by atoms with Crippen molar-refractivity contribution >= 4 is 17.5 Å². The van der Waals surface area contributed by atoms with Gasteiger partial charge in [-0.1, -0.05) is 0 Å². The maximum atomic E-state index is 13.9. The van der Waals surface area contributed by atoms with Crippen LogP contribution in [0.25, 0.3) is 0 Å². The fourth-order valence-corrected chi connectivity index (χ4v) is 2.56. The number of likely N-dealkylation sites (tertiary alicyclic amines) is 1. The first-order chi connectivity index (χ1) is 10.4. The first-order valence-electron chi connectivity index (χ1n) is 7.40. The van der Waals surface area contributed by atoms with Crippen LogP contribution in [0.3, 0.4) is 0 Å². The summed E-state index contributed by atoms with van der Waals surface area (Å²) in [6.07, 6.45) is 2.03. The molecule has 0 unspecified atom stereocenters.